The smallest absolute Gasteiger partial charge is 0.318 e. The zero-order chi connectivity index (χ0) is 18.4. The van der Waals surface area contributed by atoms with E-state index in [1.165, 1.54) is 30.3 Å². The molecule has 25 heavy (non-hydrogen) atoms. The standard InChI is InChI=1S/C17H14ClNO5S/c18-15-4-2-1-3-12(15)7-10-16(20)13-5-8-14(9-6-13)25(23,24)19-11-17(21)22/h1-10,19H,11H2,(H,21,22). The number of carbonyl (C=O) groups excluding carboxylic acids is 1. The van der Waals surface area contributed by atoms with Gasteiger partial charge in [-0.3, -0.25) is 9.59 Å². The Morgan fingerprint density at radius 1 is 1.08 bits per heavy atom. The fourth-order valence-electron chi connectivity index (χ4n) is 1.91. The van der Waals surface area contributed by atoms with Crippen LogP contribution in [-0.2, 0) is 14.8 Å². The molecule has 0 amide bonds. The summed E-state index contributed by atoms with van der Waals surface area (Å²) in [5.74, 6) is -1.61. The lowest BCUT2D eigenvalue weighted by Gasteiger charge is -2.05. The van der Waals surface area contributed by atoms with Gasteiger partial charge in [-0.1, -0.05) is 29.8 Å². The zero-order valence-corrected chi connectivity index (χ0v) is 14.4. The molecule has 0 atom stereocenters. The van der Waals surface area contributed by atoms with Gasteiger partial charge in [0.2, 0.25) is 10.0 Å². The van der Waals surface area contributed by atoms with Crippen molar-refractivity contribution in [2.45, 2.75) is 4.90 Å². The van der Waals surface area contributed by atoms with Crippen molar-refractivity contribution in [1.82, 2.24) is 4.72 Å². The molecule has 0 radical (unpaired) electrons. The summed E-state index contributed by atoms with van der Waals surface area (Å²) >= 11 is 6.00. The number of hydrogen-bond donors (Lipinski definition) is 2. The van der Waals surface area contributed by atoms with E-state index < -0.39 is 22.5 Å². The second-order valence-corrected chi connectivity index (χ2v) is 7.14. The van der Waals surface area contributed by atoms with E-state index in [0.717, 1.165) is 0 Å². The van der Waals surface area contributed by atoms with Crippen molar-refractivity contribution in [1.29, 1.82) is 0 Å². The molecule has 0 aliphatic rings. The van der Waals surface area contributed by atoms with Crippen molar-refractivity contribution in [3.05, 3.63) is 70.8 Å². The van der Waals surface area contributed by atoms with E-state index in [-0.39, 0.29) is 10.7 Å². The van der Waals surface area contributed by atoms with Gasteiger partial charge in [-0.2, -0.15) is 4.72 Å². The third kappa shape index (κ3) is 5.25. The maximum atomic E-state index is 12.1. The Bertz CT molecular complexity index is 920. The van der Waals surface area contributed by atoms with E-state index >= 15 is 0 Å². The Morgan fingerprint density at radius 2 is 1.72 bits per heavy atom. The van der Waals surface area contributed by atoms with Crippen LogP contribution in [0.15, 0.2) is 59.5 Å². The van der Waals surface area contributed by atoms with Crippen LogP contribution in [0.1, 0.15) is 15.9 Å². The lowest BCUT2D eigenvalue weighted by atomic mass is 10.1. The number of sulfonamides is 1. The summed E-state index contributed by atoms with van der Waals surface area (Å²) in [7, 11) is -3.94. The topological polar surface area (TPSA) is 101 Å². The van der Waals surface area contributed by atoms with Crippen LogP contribution in [0.4, 0.5) is 0 Å². The molecule has 2 aromatic carbocycles. The van der Waals surface area contributed by atoms with Crippen molar-refractivity contribution >= 4 is 39.5 Å². The monoisotopic (exact) mass is 379 g/mol. The van der Waals surface area contributed by atoms with Crippen molar-refractivity contribution in [3.8, 4) is 0 Å². The quantitative estimate of drug-likeness (QED) is 0.569. The number of halogens is 1. The van der Waals surface area contributed by atoms with Crippen LogP contribution in [0.25, 0.3) is 6.08 Å². The fourth-order valence-corrected chi connectivity index (χ4v) is 3.08. The largest absolute Gasteiger partial charge is 0.480 e. The lowest BCUT2D eigenvalue weighted by Crippen LogP contribution is -2.29. The van der Waals surface area contributed by atoms with Gasteiger partial charge in [0.1, 0.15) is 6.54 Å². The Kier molecular flexibility index (Phi) is 6.08. The number of ketones is 1. The predicted molar refractivity (Wildman–Crippen MR) is 94.1 cm³/mol. The summed E-state index contributed by atoms with van der Waals surface area (Å²) in [4.78, 5) is 22.5. The molecule has 0 saturated heterocycles. The van der Waals surface area contributed by atoms with Gasteiger partial charge in [-0.25, -0.2) is 8.42 Å². The average molecular weight is 380 g/mol. The summed E-state index contributed by atoms with van der Waals surface area (Å²) in [5, 5.41) is 9.04. The molecule has 6 nitrogen and oxygen atoms in total. The number of allylic oxidation sites excluding steroid dienone is 1. The van der Waals surface area contributed by atoms with E-state index in [9.17, 15) is 18.0 Å². The number of hydrogen-bond acceptors (Lipinski definition) is 4. The Balaban J connectivity index is 2.13. The van der Waals surface area contributed by atoms with E-state index in [1.54, 1.807) is 30.3 Å². The number of nitrogens with one attached hydrogen (secondary N) is 1. The van der Waals surface area contributed by atoms with Gasteiger partial charge in [0.15, 0.2) is 5.78 Å². The summed E-state index contributed by atoms with van der Waals surface area (Å²) in [6, 6.07) is 12.2. The average Bonchev–Trinajstić information content (AvgIpc) is 2.59. The first-order valence-corrected chi connectivity index (χ1v) is 8.94. The van der Waals surface area contributed by atoms with E-state index in [1.807, 2.05) is 4.72 Å². The van der Waals surface area contributed by atoms with Crippen LogP contribution in [0.3, 0.4) is 0 Å². The molecule has 0 bridgehead atoms. The first kappa shape index (κ1) is 18.9. The number of carbonyl (C=O) groups is 2. The summed E-state index contributed by atoms with van der Waals surface area (Å²) in [5.41, 5.74) is 0.982. The van der Waals surface area contributed by atoms with Crippen molar-refractivity contribution in [2.24, 2.45) is 0 Å². The van der Waals surface area contributed by atoms with Gasteiger partial charge in [0.25, 0.3) is 0 Å². The number of carboxylic acids is 1. The minimum atomic E-state index is -3.94. The molecule has 2 N–H and O–H groups in total. The van der Waals surface area contributed by atoms with Gasteiger partial charge in [-0.05, 0) is 48.0 Å². The molecule has 0 spiro atoms. The van der Waals surface area contributed by atoms with Gasteiger partial charge in [0.05, 0.1) is 4.90 Å². The van der Waals surface area contributed by atoms with Crippen LogP contribution in [0.5, 0.6) is 0 Å². The first-order chi connectivity index (χ1) is 11.8. The lowest BCUT2D eigenvalue weighted by molar-refractivity contribution is -0.135. The molecular weight excluding hydrogens is 366 g/mol. The first-order valence-electron chi connectivity index (χ1n) is 7.08. The number of aliphatic carboxylic acids is 1. The molecule has 0 fully saturated rings. The molecular formula is C17H14ClNO5S. The van der Waals surface area contributed by atoms with Gasteiger partial charge in [-0.15, -0.1) is 0 Å². The second kappa shape index (κ2) is 8.06. The molecule has 0 saturated carbocycles. The highest BCUT2D eigenvalue weighted by atomic mass is 35.5. The van der Waals surface area contributed by atoms with Gasteiger partial charge in [0, 0.05) is 10.6 Å². The third-order valence-corrected chi connectivity index (χ3v) is 4.94. The summed E-state index contributed by atoms with van der Waals surface area (Å²) in [6.45, 7) is -0.719. The molecule has 2 rings (SSSR count). The van der Waals surface area contributed by atoms with Crippen LogP contribution in [0, 0.1) is 0 Å². The Labute approximate surface area is 149 Å². The highest BCUT2D eigenvalue weighted by Crippen LogP contribution is 2.17. The maximum absolute atomic E-state index is 12.1. The Hall–Kier alpha value is -2.48. The number of rotatable bonds is 7. The van der Waals surface area contributed by atoms with Crippen molar-refractivity contribution in [2.75, 3.05) is 6.54 Å². The number of benzene rings is 2. The highest BCUT2D eigenvalue weighted by molar-refractivity contribution is 7.89. The minimum absolute atomic E-state index is 0.125. The van der Waals surface area contributed by atoms with E-state index in [4.69, 9.17) is 16.7 Å². The SMILES string of the molecule is O=C(O)CNS(=O)(=O)c1ccc(C(=O)C=Cc2ccccc2Cl)cc1. The maximum Gasteiger partial charge on any atom is 0.318 e. The fraction of sp³-hybridized carbons (Fsp3) is 0.0588. The molecule has 0 aliphatic heterocycles. The number of carboxylic acid groups (broad SMARTS) is 1. The molecule has 0 aromatic heterocycles. The van der Waals surface area contributed by atoms with E-state index in [0.29, 0.717) is 16.1 Å². The second-order valence-electron chi connectivity index (χ2n) is 4.96. The molecule has 8 heteroatoms. The van der Waals surface area contributed by atoms with Crippen molar-refractivity contribution in [3.63, 3.8) is 0 Å². The molecule has 0 aliphatic carbocycles. The third-order valence-electron chi connectivity index (χ3n) is 3.18. The van der Waals surface area contributed by atoms with Crippen LogP contribution < -0.4 is 4.72 Å². The van der Waals surface area contributed by atoms with Crippen LogP contribution >= 0.6 is 11.6 Å². The Morgan fingerprint density at radius 3 is 2.32 bits per heavy atom. The molecule has 0 unspecified atom stereocenters. The van der Waals surface area contributed by atoms with Crippen LogP contribution in [-0.4, -0.2) is 31.8 Å². The highest BCUT2D eigenvalue weighted by Gasteiger charge is 2.15. The molecule has 0 heterocycles. The van der Waals surface area contributed by atoms with Crippen molar-refractivity contribution < 1.29 is 23.1 Å². The minimum Gasteiger partial charge on any atom is -0.480 e. The summed E-state index contributed by atoms with van der Waals surface area (Å²) in [6.07, 6.45) is 2.91. The normalized spacial score (nSPS) is 11.6. The predicted octanol–water partition coefficient (Wildman–Crippen LogP) is 2.60. The molecule has 130 valence electrons. The summed E-state index contributed by atoms with van der Waals surface area (Å²) < 4.78 is 25.7. The van der Waals surface area contributed by atoms with Crippen LogP contribution in [0.2, 0.25) is 5.02 Å². The van der Waals surface area contributed by atoms with E-state index in [2.05, 4.69) is 0 Å². The van der Waals surface area contributed by atoms with Gasteiger partial charge < -0.3 is 5.11 Å². The van der Waals surface area contributed by atoms with Gasteiger partial charge >= 0.3 is 5.97 Å². The zero-order valence-electron chi connectivity index (χ0n) is 12.8. The molecule has 2 aromatic rings.